The number of hydrogen-bond acceptors (Lipinski definition) is 3. The highest BCUT2D eigenvalue weighted by molar-refractivity contribution is 5.97. The number of hydrogen-bond donors (Lipinski definition) is 1. The third-order valence-corrected chi connectivity index (χ3v) is 4.02. The molecule has 0 saturated carbocycles. The normalized spacial score (nSPS) is 19.6. The van der Waals surface area contributed by atoms with Gasteiger partial charge in [-0.15, -0.1) is 0 Å². The number of rotatable bonds is 3. The lowest BCUT2D eigenvalue weighted by Gasteiger charge is -2.28. The quantitative estimate of drug-likeness (QED) is 0.931. The van der Waals surface area contributed by atoms with Crippen LogP contribution in [0.4, 0.5) is 5.69 Å². The van der Waals surface area contributed by atoms with Crippen LogP contribution in [-0.4, -0.2) is 54.3 Å². The lowest BCUT2D eigenvalue weighted by atomic mass is 10.1. The summed E-state index contributed by atoms with van der Waals surface area (Å²) in [4.78, 5) is 28.5. The van der Waals surface area contributed by atoms with E-state index in [4.69, 9.17) is 0 Å². The smallest absolute Gasteiger partial charge is 0.254 e. The Bertz CT molecular complexity index is 544. The van der Waals surface area contributed by atoms with E-state index in [9.17, 15) is 9.59 Å². The molecule has 1 fully saturated rings. The zero-order chi connectivity index (χ0) is 16.1. The van der Waals surface area contributed by atoms with Gasteiger partial charge < -0.3 is 15.1 Å². The van der Waals surface area contributed by atoms with Crippen LogP contribution in [0.3, 0.4) is 0 Å². The molecule has 5 heteroatoms. The van der Waals surface area contributed by atoms with Crippen molar-refractivity contribution >= 4 is 17.5 Å². The minimum atomic E-state index is -0.0469. The van der Waals surface area contributed by atoms with Crippen LogP contribution in [-0.2, 0) is 4.79 Å². The summed E-state index contributed by atoms with van der Waals surface area (Å²) < 4.78 is 0. The molecule has 0 radical (unpaired) electrons. The van der Waals surface area contributed by atoms with Gasteiger partial charge >= 0.3 is 0 Å². The summed E-state index contributed by atoms with van der Waals surface area (Å²) in [5, 5.41) is 2.80. The zero-order valence-electron chi connectivity index (χ0n) is 13.6. The molecule has 1 aromatic rings. The Labute approximate surface area is 132 Å². The van der Waals surface area contributed by atoms with E-state index in [0.717, 1.165) is 26.1 Å². The Morgan fingerprint density at radius 1 is 1.32 bits per heavy atom. The number of likely N-dealkylation sites (N-methyl/N-ethyl adjacent to an activating group) is 1. The molecule has 1 heterocycles. The summed E-state index contributed by atoms with van der Waals surface area (Å²) in [6.45, 7) is 6.57. The van der Waals surface area contributed by atoms with E-state index >= 15 is 0 Å². The number of carbonyl (C=O) groups is 2. The van der Waals surface area contributed by atoms with Gasteiger partial charge in [-0.3, -0.25) is 9.59 Å². The maximum Gasteiger partial charge on any atom is 0.254 e. The minimum Gasteiger partial charge on any atom is -0.335 e. The van der Waals surface area contributed by atoms with Crippen LogP contribution in [0.1, 0.15) is 37.0 Å². The van der Waals surface area contributed by atoms with Crippen molar-refractivity contribution < 1.29 is 9.59 Å². The van der Waals surface area contributed by atoms with Crippen molar-refractivity contribution in [2.45, 2.75) is 32.7 Å². The molecule has 22 heavy (non-hydrogen) atoms. The molecule has 0 aliphatic carbocycles. The first-order valence-corrected chi connectivity index (χ1v) is 7.90. The monoisotopic (exact) mass is 303 g/mol. The van der Waals surface area contributed by atoms with Crippen molar-refractivity contribution in [2.24, 2.45) is 0 Å². The van der Waals surface area contributed by atoms with Crippen LogP contribution in [0, 0.1) is 0 Å². The fourth-order valence-electron chi connectivity index (χ4n) is 2.82. The van der Waals surface area contributed by atoms with Gasteiger partial charge in [-0.25, -0.2) is 0 Å². The summed E-state index contributed by atoms with van der Waals surface area (Å²) in [5.41, 5.74) is 1.31. The number of nitrogens with zero attached hydrogens (tertiary/aromatic N) is 2. The highest BCUT2D eigenvalue weighted by Crippen LogP contribution is 2.17. The van der Waals surface area contributed by atoms with Crippen molar-refractivity contribution in [3.8, 4) is 0 Å². The first kappa shape index (κ1) is 16.5. The highest BCUT2D eigenvalue weighted by Gasteiger charge is 2.25. The second-order valence-corrected chi connectivity index (χ2v) is 5.95. The average Bonchev–Trinajstić information content (AvgIpc) is 2.67. The van der Waals surface area contributed by atoms with E-state index in [1.807, 2.05) is 23.1 Å². The van der Waals surface area contributed by atoms with Crippen LogP contribution >= 0.6 is 0 Å². The van der Waals surface area contributed by atoms with Gasteiger partial charge in [0.05, 0.1) is 0 Å². The van der Waals surface area contributed by atoms with E-state index < -0.39 is 0 Å². The van der Waals surface area contributed by atoms with Gasteiger partial charge in [0.25, 0.3) is 5.91 Å². The first-order valence-electron chi connectivity index (χ1n) is 7.90. The maximum atomic E-state index is 12.8. The van der Waals surface area contributed by atoms with Crippen molar-refractivity contribution in [1.29, 1.82) is 0 Å². The summed E-state index contributed by atoms with van der Waals surface area (Å²) in [6, 6.07) is 7.38. The third kappa shape index (κ3) is 4.07. The molecular formula is C17H25N3O2. The summed E-state index contributed by atoms with van der Waals surface area (Å²) in [6.07, 6.45) is 1.41. The van der Waals surface area contributed by atoms with Crippen LogP contribution in [0.25, 0.3) is 0 Å². The zero-order valence-corrected chi connectivity index (χ0v) is 13.6. The molecule has 0 aromatic heterocycles. The minimum absolute atomic E-state index is 0.0374. The molecule has 1 saturated heterocycles. The summed E-state index contributed by atoms with van der Waals surface area (Å²) >= 11 is 0. The number of benzene rings is 1. The van der Waals surface area contributed by atoms with E-state index in [1.165, 1.54) is 0 Å². The van der Waals surface area contributed by atoms with E-state index in [1.54, 1.807) is 13.0 Å². The van der Waals surface area contributed by atoms with E-state index in [0.29, 0.717) is 17.7 Å². The summed E-state index contributed by atoms with van der Waals surface area (Å²) in [5.74, 6) is -0.00948. The predicted molar refractivity (Wildman–Crippen MR) is 88.0 cm³/mol. The molecule has 1 aliphatic heterocycles. The summed E-state index contributed by atoms with van der Waals surface area (Å²) in [7, 11) is 2.09. The number of amides is 2. The molecule has 0 unspecified atom stereocenters. The topological polar surface area (TPSA) is 52.7 Å². The molecular weight excluding hydrogens is 278 g/mol. The lowest BCUT2D eigenvalue weighted by Crippen LogP contribution is -2.42. The van der Waals surface area contributed by atoms with Crippen LogP contribution in [0.2, 0.25) is 0 Å². The van der Waals surface area contributed by atoms with Gasteiger partial charge in [0, 0.05) is 36.8 Å². The molecule has 1 aromatic carbocycles. The fraction of sp³-hybridized carbons (Fsp3) is 0.529. The van der Waals surface area contributed by atoms with Gasteiger partial charge in [0.2, 0.25) is 5.91 Å². The Balaban J connectivity index is 2.14. The molecule has 0 spiro atoms. The molecule has 0 bridgehead atoms. The van der Waals surface area contributed by atoms with Crippen LogP contribution in [0.5, 0.6) is 0 Å². The van der Waals surface area contributed by atoms with Gasteiger partial charge in [-0.2, -0.15) is 0 Å². The number of anilines is 1. The third-order valence-electron chi connectivity index (χ3n) is 4.02. The number of carbonyl (C=O) groups excluding carboxylic acids is 2. The molecule has 1 aliphatic rings. The van der Waals surface area contributed by atoms with Gasteiger partial charge in [-0.1, -0.05) is 13.0 Å². The van der Waals surface area contributed by atoms with Gasteiger partial charge in [-0.05, 0) is 45.1 Å². The Morgan fingerprint density at radius 3 is 2.82 bits per heavy atom. The molecule has 2 rings (SSSR count). The first-order chi connectivity index (χ1) is 10.5. The molecule has 1 N–H and O–H groups in total. The number of nitrogens with one attached hydrogen (secondary N) is 1. The second-order valence-electron chi connectivity index (χ2n) is 5.95. The van der Waals surface area contributed by atoms with Crippen molar-refractivity contribution in [3.63, 3.8) is 0 Å². The lowest BCUT2D eigenvalue weighted by molar-refractivity contribution is -0.115. The standard InChI is InChI=1S/C17H25N3O2/c1-4-16(21)18-15-8-5-7-14(11-15)17(22)20-10-6-9-19(3)12-13(20)2/h5,7-8,11,13H,4,6,9-10,12H2,1-3H3,(H,18,21)/t13-/m1/s1. The van der Waals surface area contributed by atoms with Gasteiger partial charge in [0.1, 0.15) is 0 Å². The van der Waals surface area contributed by atoms with Gasteiger partial charge in [0.15, 0.2) is 0 Å². The largest absolute Gasteiger partial charge is 0.335 e. The van der Waals surface area contributed by atoms with E-state index in [-0.39, 0.29) is 17.9 Å². The second kappa shape index (κ2) is 7.40. The molecule has 120 valence electrons. The fourth-order valence-corrected chi connectivity index (χ4v) is 2.82. The molecule has 5 nitrogen and oxygen atoms in total. The van der Waals surface area contributed by atoms with Crippen molar-refractivity contribution in [1.82, 2.24) is 9.80 Å². The van der Waals surface area contributed by atoms with Crippen molar-refractivity contribution in [3.05, 3.63) is 29.8 Å². The van der Waals surface area contributed by atoms with Crippen LogP contribution < -0.4 is 5.32 Å². The van der Waals surface area contributed by atoms with Crippen molar-refractivity contribution in [2.75, 3.05) is 32.0 Å². The maximum absolute atomic E-state index is 12.8. The molecule has 1 atom stereocenters. The predicted octanol–water partition coefficient (Wildman–Crippen LogP) is 2.20. The Kier molecular flexibility index (Phi) is 5.55. The SMILES string of the molecule is CCC(=O)Nc1cccc(C(=O)N2CCCN(C)C[C@H]2C)c1. The average molecular weight is 303 g/mol. The molecule has 2 amide bonds. The van der Waals surface area contributed by atoms with Crippen LogP contribution in [0.15, 0.2) is 24.3 Å². The highest BCUT2D eigenvalue weighted by atomic mass is 16.2. The Morgan fingerprint density at radius 2 is 2.09 bits per heavy atom. The Hall–Kier alpha value is -1.88. The van der Waals surface area contributed by atoms with E-state index in [2.05, 4.69) is 24.2 Å².